The Morgan fingerprint density at radius 2 is 2.07 bits per heavy atom. The van der Waals surface area contributed by atoms with Crippen molar-refractivity contribution in [2.24, 2.45) is 5.41 Å². The lowest BCUT2D eigenvalue weighted by molar-refractivity contribution is -0.124. The quantitative estimate of drug-likeness (QED) is 0.662. The van der Waals surface area contributed by atoms with Crippen molar-refractivity contribution in [3.8, 4) is 0 Å². The first-order chi connectivity index (χ1) is 7.11. The summed E-state index contributed by atoms with van der Waals surface area (Å²) < 4.78 is 12.6. The summed E-state index contributed by atoms with van der Waals surface area (Å²) in [7, 11) is 0. The van der Waals surface area contributed by atoms with Gasteiger partial charge >= 0.3 is 6.09 Å². The zero-order chi connectivity index (χ0) is 12.2. The molecule has 0 bridgehead atoms. The molecule has 1 saturated carbocycles. The minimum Gasteiger partial charge on any atom is -0.444 e. The van der Waals surface area contributed by atoms with Crippen LogP contribution in [0.4, 0.5) is 4.79 Å². The smallest absolute Gasteiger partial charge is 0.410 e. The summed E-state index contributed by atoms with van der Waals surface area (Å²) in [5.41, 5.74) is -0.469. The highest BCUT2D eigenvalue weighted by molar-refractivity contribution is 5.69. The molecule has 0 radical (unpaired) electrons. The Morgan fingerprint density at radius 3 is 2.47 bits per heavy atom. The number of hydrogen-bond donors (Lipinski definition) is 1. The fraction of sp³-hybridized carbons (Fsp3) is 0.909. The summed E-state index contributed by atoms with van der Waals surface area (Å²) in [5.74, 6) is 0. The number of hydrogen-bond acceptors (Lipinski definition) is 3. The maximum atomic E-state index is 11.6. The van der Waals surface area contributed by atoms with E-state index in [2.05, 4.69) is 0 Å². The third-order valence-electron chi connectivity index (χ3n) is 2.86. The van der Waals surface area contributed by atoms with Crippen LogP contribution in [0.5, 0.6) is 0 Å². The number of nitrogens with zero attached hydrogens (tertiary/aromatic N) is 1. The molecule has 1 N–H and O–H groups in total. The molecule has 1 heterocycles. The Bertz CT molecular complexity index is 306. The second-order valence-corrected chi connectivity index (χ2v) is 5.76. The monoisotopic (exact) mass is 214 g/mol. The van der Waals surface area contributed by atoms with Gasteiger partial charge in [-0.1, -0.05) is 0 Å². The summed E-state index contributed by atoms with van der Waals surface area (Å²) in [6.07, 6.45) is -0.614. The van der Waals surface area contributed by atoms with Crippen LogP contribution in [0.2, 0.25) is 0 Å². The van der Waals surface area contributed by atoms with Crippen molar-refractivity contribution >= 4 is 6.09 Å². The second kappa shape index (κ2) is 3.11. The lowest BCUT2D eigenvalue weighted by atomic mass is 9.62. The van der Waals surface area contributed by atoms with Crippen molar-refractivity contribution in [1.82, 2.24) is 4.90 Å². The summed E-state index contributed by atoms with van der Waals surface area (Å²) in [4.78, 5) is 13.3. The van der Waals surface area contributed by atoms with Crippen molar-refractivity contribution in [3.63, 3.8) is 0 Å². The van der Waals surface area contributed by atoms with Gasteiger partial charge in [-0.15, -0.1) is 0 Å². The maximum absolute atomic E-state index is 11.6. The molecule has 0 aromatic heterocycles. The van der Waals surface area contributed by atoms with Crippen LogP contribution in [0.1, 0.15) is 35.0 Å². The van der Waals surface area contributed by atoms with Crippen molar-refractivity contribution < 1.29 is 16.0 Å². The number of carbonyl (C=O) groups excluding carboxylic acids is 1. The van der Waals surface area contributed by atoms with Gasteiger partial charge in [-0.25, -0.2) is 4.79 Å². The van der Waals surface area contributed by atoms with Crippen LogP contribution in [0.25, 0.3) is 0 Å². The van der Waals surface area contributed by atoms with E-state index >= 15 is 0 Å². The van der Waals surface area contributed by atoms with Gasteiger partial charge in [-0.2, -0.15) is 0 Å². The first-order valence-electron chi connectivity index (χ1n) is 5.81. The predicted octanol–water partition coefficient (Wildman–Crippen LogP) is 1.38. The van der Waals surface area contributed by atoms with Crippen LogP contribution >= 0.6 is 0 Å². The molecule has 1 aliphatic carbocycles. The molecule has 4 nitrogen and oxygen atoms in total. The number of amides is 1. The molecule has 0 aromatic carbocycles. The van der Waals surface area contributed by atoms with Crippen molar-refractivity contribution in [3.05, 3.63) is 0 Å². The van der Waals surface area contributed by atoms with Gasteiger partial charge in [0.25, 0.3) is 0 Å². The third-order valence-corrected chi connectivity index (χ3v) is 2.86. The summed E-state index contributed by atoms with van der Waals surface area (Å²) in [6.45, 7) is 6.75. The van der Waals surface area contributed by atoms with Crippen LogP contribution in [0, 0.1) is 5.41 Å². The first-order valence-corrected chi connectivity index (χ1v) is 5.31. The fourth-order valence-electron chi connectivity index (χ4n) is 2.26. The van der Waals surface area contributed by atoms with E-state index in [1.807, 2.05) is 20.8 Å². The second-order valence-electron chi connectivity index (χ2n) is 5.76. The molecule has 2 fully saturated rings. The molecule has 86 valence electrons. The van der Waals surface area contributed by atoms with Gasteiger partial charge in [-0.3, -0.25) is 0 Å². The van der Waals surface area contributed by atoms with Gasteiger partial charge in [0.05, 0.1) is 7.45 Å². The molecule has 2 rings (SSSR count). The highest BCUT2D eigenvalue weighted by Gasteiger charge is 2.53. The standard InChI is InChI=1S/C11H19NO3/c1-10(2,3)15-9(14)12-6-11(7-12)4-8(13)5-11/h8,13H,4-7H2,1-3H3/i8D. The van der Waals surface area contributed by atoms with E-state index in [-0.39, 0.29) is 11.5 Å². The molecule has 2 aliphatic rings. The molecule has 1 amide bonds. The minimum absolute atomic E-state index is 0.00654. The molecule has 4 heteroatoms. The van der Waals surface area contributed by atoms with Crippen molar-refractivity contribution in [2.75, 3.05) is 13.1 Å². The zero-order valence-corrected chi connectivity index (χ0v) is 9.54. The molecule has 1 spiro atoms. The number of ether oxygens (including phenoxy) is 1. The van der Waals surface area contributed by atoms with Crippen LogP contribution in [-0.4, -0.2) is 40.9 Å². The first kappa shape index (κ1) is 9.46. The Kier molecular flexibility index (Phi) is 1.96. The van der Waals surface area contributed by atoms with Gasteiger partial charge in [0.2, 0.25) is 0 Å². The number of aliphatic hydroxyl groups is 1. The maximum Gasteiger partial charge on any atom is 0.410 e. The predicted molar refractivity (Wildman–Crippen MR) is 55.5 cm³/mol. The fourth-order valence-corrected chi connectivity index (χ4v) is 2.26. The number of carbonyl (C=O) groups is 1. The molecular formula is C11H19NO3. The van der Waals surface area contributed by atoms with Crippen LogP contribution in [0.15, 0.2) is 0 Å². The molecular weight excluding hydrogens is 194 g/mol. The number of rotatable bonds is 0. The van der Waals surface area contributed by atoms with E-state index in [1.165, 1.54) is 0 Å². The summed E-state index contributed by atoms with van der Waals surface area (Å²) >= 11 is 0. The highest BCUT2D eigenvalue weighted by atomic mass is 16.6. The third kappa shape index (κ3) is 2.09. The average Bonchev–Trinajstić information content (AvgIpc) is 1.90. The van der Waals surface area contributed by atoms with Gasteiger partial charge in [0.15, 0.2) is 0 Å². The molecule has 0 atom stereocenters. The lowest BCUT2D eigenvalue weighted by Crippen LogP contribution is -2.65. The van der Waals surface area contributed by atoms with Gasteiger partial charge in [0, 0.05) is 18.5 Å². The zero-order valence-electron chi connectivity index (χ0n) is 10.5. The average molecular weight is 214 g/mol. The van der Waals surface area contributed by atoms with Crippen molar-refractivity contribution in [1.29, 1.82) is 0 Å². The minimum atomic E-state index is -1.26. The number of likely N-dealkylation sites (tertiary alicyclic amines) is 1. The van der Waals surface area contributed by atoms with E-state index in [1.54, 1.807) is 4.90 Å². The molecule has 0 unspecified atom stereocenters. The topological polar surface area (TPSA) is 49.8 Å². The molecule has 15 heavy (non-hydrogen) atoms. The Balaban J connectivity index is 1.79. The Morgan fingerprint density at radius 1 is 1.53 bits per heavy atom. The molecule has 1 aliphatic heterocycles. The van der Waals surface area contributed by atoms with E-state index in [9.17, 15) is 9.90 Å². The van der Waals surface area contributed by atoms with E-state index in [4.69, 9.17) is 6.11 Å². The largest absolute Gasteiger partial charge is 0.444 e. The SMILES string of the molecule is [2H]C1(O)CC2(CN(C(=O)OC(C)(C)C)C2)C1. The lowest BCUT2D eigenvalue weighted by Gasteiger charge is -2.57. The normalized spacial score (nSPS) is 27.7. The molecule has 1 saturated heterocycles. The van der Waals surface area contributed by atoms with Gasteiger partial charge in [0.1, 0.15) is 5.60 Å². The Hall–Kier alpha value is -0.770. The highest BCUT2D eigenvalue weighted by Crippen LogP contribution is 2.48. The van der Waals surface area contributed by atoms with E-state index < -0.39 is 11.7 Å². The van der Waals surface area contributed by atoms with Gasteiger partial charge < -0.3 is 14.7 Å². The van der Waals surface area contributed by atoms with Crippen LogP contribution < -0.4 is 0 Å². The van der Waals surface area contributed by atoms with Crippen LogP contribution in [0.3, 0.4) is 0 Å². The van der Waals surface area contributed by atoms with E-state index in [0.717, 1.165) is 0 Å². The molecule has 0 aromatic rings. The van der Waals surface area contributed by atoms with Crippen molar-refractivity contribution in [2.45, 2.75) is 45.3 Å². The van der Waals surface area contributed by atoms with E-state index in [0.29, 0.717) is 25.9 Å². The van der Waals surface area contributed by atoms with Gasteiger partial charge in [-0.05, 0) is 33.6 Å². The van der Waals surface area contributed by atoms with Crippen LogP contribution in [-0.2, 0) is 4.74 Å². The summed E-state index contributed by atoms with van der Waals surface area (Å²) in [6, 6.07) is 0. The summed E-state index contributed by atoms with van der Waals surface area (Å²) in [5, 5.41) is 9.36. The Labute approximate surface area is 91.6 Å².